The molecular formula is C27H42O5. The van der Waals surface area contributed by atoms with E-state index in [1.54, 1.807) is 13.0 Å². The fraction of sp³-hybridized carbons (Fsp3) is 0.852. The van der Waals surface area contributed by atoms with Crippen LogP contribution in [0.15, 0.2) is 11.6 Å². The molecule has 3 fully saturated rings. The molecule has 0 saturated heterocycles. The summed E-state index contributed by atoms with van der Waals surface area (Å²) in [6, 6.07) is 0. The van der Waals surface area contributed by atoms with Crippen molar-refractivity contribution in [3.05, 3.63) is 11.6 Å². The van der Waals surface area contributed by atoms with Gasteiger partial charge in [-0.25, -0.2) is 0 Å². The Morgan fingerprint density at radius 2 is 1.84 bits per heavy atom. The lowest BCUT2D eigenvalue weighted by Gasteiger charge is -2.67. The third-order valence-electron chi connectivity index (χ3n) is 10.0. The van der Waals surface area contributed by atoms with Gasteiger partial charge >= 0.3 is 5.97 Å². The summed E-state index contributed by atoms with van der Waals surface area (Å²) in [5.41, 5.74) is -0.592. The monoisotopic (exact) mass is 446 g/mol. The average Bonchev–Trinajstić information content (AvgIpc) is 2.62. The van der Waals surface area contributed by atoms with Gasteiger partial charge in [0.05, 0.1) is 11.7 Å². The van der Waals surface area contributed by atoms with Gasteiger partial charge in [0.1, 0.15) is 6.10 Å². The van der Waals surface area contributed by atoms with Crippen LogP contribution >= 0.6 is 0 Å². The predicted molar refractivity (Wildman–Crippen MR) is 123 cm³/mol. The van der Waals surface area contributed by atoms with Crippen LogP contribution in [-0.4, -0.2) is 39.8 Å². The first-order valence-corrected chi connectivity index (χ1v) is 12.5. The zero-order valence-electron chi connectivity index (χ0n) is 20.7. The van der Waals surface area contributed by atoms with Gasteiger partial charge in [0.25, 0.3) is 0 Å². The van der Waals surface area contributed by atoms with Gasteiger partial charge in [-0.1, -0.05) is 34.1 Å². The van der Waals surface area contributed by atoms with Crippen molar-refractivity contribution in [2.75, 3.05) is 0 Å². The van der Waals surface area contributed by atoms with Crippen LogP contribution < -0.4 is 0 Å². The van der Waals surface area contributed by atoms with Crippen molar-refractivity contribution < 1.29 is 24.5 Å². The van der Waals surface area contributed by atoms with E-state index in [0.717, 1.165) is 25.7 Å². The molecule has 180 valence electrons. The smallest absolute Gasteiger partial charge is 0.302 e. The van der Waals surface area contributed by atoms with E-state index in [0.29, 0.717) is 30.3 Å². The summed E-state index contributed by atoms with van der Waals surface area (Å²) in [6.45, 7) is 12.5. The number of aliphatic hydroxyl groups excluding tert-OH is 1. The molecule has 4 aliphatic rings. The van der Waals surface area contributed by atoms with E-state index >= 15 is 0 Å². The number of rotatable bonds is 2. The lowest BCUT2D eigenvalue weighted by atomic mass is 9.39. The van der Waals surface area contributed by atoms with Gasteiger partial charge in [-0.3, -0.25) is 9.59 Å². The lowest BCUT2D eigenvalue weighted by molar-refractivity contribution is -0.236. The molecule has 4 rings (SSSR count). The molecular weight excluding hydrogens is 404 g/mol. The number of hydrogen-bond donors (Lipinski definition) is 2. The van der Waals surface area contributed by atoms with Crippen molar-refractivity contribution in [1.82, 2.24) is 0 Å². The fourth-order valence-electron chi connectivity index (χ4n) is 9.11. The van der Waals surface area contributed by atoms with E-state index in [-0.39, 0.29) is 40.5 Å². The Balaban J connectivity index is 1.70. The van der Waals surface area contributed by atoms with Crippen LogP contribution in [0.25, 0.3) is 0 Å². The second kappa shape index (κ2) is 7.66. The maximum Gasteiger partial charge on any atom is 0.302 e. The molecule has 0 bridgehead atoms. The first kappa shape index (κ1) is 23.9. The number of esters is 1. The van der Waals surface area contributed by atoms with Crippen LogP contribution in [0.5, 0.6) is 0 Å². The normalized spacial score (nSPS) is 48.3. The largest absolute Gasteiger partial charge is 0.462 e. The Labute approximate surface area is 193 Å². The van der Waals surface area contributed by atoms with Crippen LogP contribution in [0, 0.1) is 34.0 Å². The third kappa shape index (κ3) is 3.68. The van der Waals surface area contributed by atoms with Crippen molar-refractivity contribution in [2.24, 2.45) is 34.0 Å². The van der Waals surface area contributed by atoms with Gasteiger partial charge in [0.2, 0.25) is 0 Å². The molecule has 0 aromatic carbocycles. The molecule has 0 radical (unpaired) electrons. The first-order chi connectivity index (χ1) is 14.7. The highest BCUT2D eigenvalue weighted by Gasteiger charge is 2.66. The molecule has 0 aliphatic heterocycles. The average molecular weight is 447 g/mol. The molecule has 4 aliphatic carbocycles. The fourth-order valence-corrected chi connectivity index (χ4v) is 9.11. The van der Waals surface area contributed by atoms with Gasteiger partial charge < -0.3 is 14.9 Å². The lowest BCUT2D eigenvalue weighted by Crippen LogP contribution is -2.65. The van der Waals surface area contributed by atoms with Crippen molar-refractivity contribution >= 4 is 11.8 Å². The highest BCUT2D eigenvalue weighted by atomic mass is 16.5. The predicted octanol–water partition coefficient (Wildman–Crippen LogP) is 4.59. The van der Waals surface area contributed by atoms with Crippen LogP contribution in [0.3, 0.4) is 0 Å². The summed E-state index contributed by atoms with van der Waals surface area (Å²) < 4.78 is 6.01. The summed E-state index contributed by atoms with van der Waals surface area (Å²) in [4.78, 5) is 24.5. The molecule has 0 unspecified atom stereocenters. The standard InChI is InChI=1S/C27H42O5/c1-16-12-20(30)18(13-19(16)29)27(31)11-8-22-25(5,15-27)14-21(32-17(2)28)23-24(3,4)9-7-10-26(22,23)6/h12,18,20-23,30-31H,7-11,13-15H2,1-6H3/t18-,20-,21-,22+,23+,25+,26-,27-/m1/s1. The maximum atomic E-state index is 12.4. The van der Waals surface area contributed by atoms with E-state index < -0.39 is 17.6 Å². The summed E-state index contributed by atoms with van der Waals surface area (Å²) in [5.74, 6) is 0.0194. The number of ketones is 1. The molecule has 5 nitrogen and oxygen atoms in total. The Morgan fingerprint density at radius 3 is 2.50 bits per heavy atom. The molecule has 0 amide bonds. The zero-order chi connectivity index (χ0) is 23.7. The Morgan fingerprint density at radius 1 is 1.16 bits per heavy atom. The summed E-state index contributed by atoms with van der Waals surface area (Å²) >= 11 is 0. The van der Waals surface area contributed by atoms with E-state index in [1.165, 1.54) is 13.3 Å². The van der Waals surface area contributed by atoms with E-state index in [2.05, 4.69) is 27.7 Å². The molecule has 5 heteroatoms. The number of carbonyl (C=O) groups excluding carboxylic acids is 2. The number of Topliss-reactive ketones (excluding diaryl/α,β-unsaturated/α-hetero) is 1. The minimum Gasteiger partial charge on any atom is -0.462 e. The first-order valence-electron chi connectivity index (χ1n) is 12.5. The molecule has 8 atom stereocenters. The van der Waals surface area contributed by atoms with Gasteiger partial charge in [-0.2, -0.15) is 0 Å². The summed E-state index contributed by atoms with van der Waals surface area (Å²) in [7, 11) is 0. The summed E-state index contributed by atoms with van der Waals surface area (Å²) in [6.07, 6.45) is 7.02. The SMILES string of the molecule is CC(=O)O[C@@H]1C[C@@]2(C)C[C@@](O)([C@@H]3CC(=O)C(C)=C[C@H]3O)CC[C@@H]2[C@@]2(C)CCCC(C)(C)[C@H]12. The van der Waals surface area contributed by atoms with E-state index in [1.807, 2.05) is 0 Å². The highest BCUT2D eigenvalue weighted by molar-refractivity contribution is 5.96. The number of allylic oxidation sites excluding steroid dienone is 1. The number of fused-ring (bicyclic) bond motifs is 3. The van der Waals surface area contributed by atoms with Crippen molar-refractivity contribution in [1.29, 1.82) is 0 Å². The van der Waals surface area contributed by atoms with Crippen LogP contribution in [0.1, 0.15) is 92.9 Å². The van der Waals surface area contributed by atoms with Crippen molar-refractivity contribution in [2.45, 2.75) is 111 Å². The second-order valence-electron chi connectivity index (χ2n) is 12.8. The van der Waals surface area contributed by atoms with E-state index in [9.17, 15) is 19.8 Å². The van der Waals surface area contributed by atoms with Gasteiger partial charge in [-0.05, 0) is 79.3 Å². The molecule has 3 saturated carbocycles. The van der Waals surface area contributed by atoms with Gasteiger partial charge in [0.15, 0.2) is 5.78 Å². The van der Waals surface area contributed by atoms with Crippen molar-refractivity contribution in [3.63, 3.8) is 0 Å². The molecule has 0 aromatic heterocycles. The molecule has 0 heterocycles. The zero-order valence-corrected chi connectivity index (χ0v) is 20.7. The summed E-state index contributed by atoms with van der Waals surface area (Å²) in [5, 5.41) is 22.7. The third-order valence-corrected chi connectivity index (χ3v) is 10.0. The van der Waals surface area contributed by atoms with Crippen molar-refractivity contribution in [3.8, 4) is 0 Å². The quantitative estimate of drug-likeness (QED) is 0.606. The van der Waals surface area contributed by atoms with Crippen LogP contribution in [-0.2, 0) is 14.3 Å². The number of ether oxygens (including phenoxy) is 1. The minimum atomic E-state index is -1.09. The molecule has 2 N–H and O–H groups in total. The Kier molecular flexibility index (Phi) is 5.73. The molecule has 0 aromatic rings. The minimum absolute atomic E-state index is 0.0171. The highest BCUT2D eigenvalue weighted by Crippen LogP contribution is 2.69. The molecule has 32 heavy (non-hydrogen) atoms. The topological polar surface area (TPSA) is 83.8 Å². The number of aliphatic hydroxyl groups is 2. The van der Waals surface area contributed by atoms with Gasteiger partial charge in [-0.15, -0.1) is 0 Å². The van der Waals surface area contributed by atoms with Gasteiger partial charge in [0, 0.05) is 25.2 Å². The molecule has 0 spiro atoms. The Bertz CT molecular complexity index is 830. The van der Waals surface area contributed by atoms with Crippen LogP contribution in [0.2, 0.25) is 0 Å². The Hall–Kier alpha value is -1.20. The van der Waals surface area contributed by atoms with Crippen LogP contribution in [0.4, 0.5) is 0 Å². The second-order valence-corrected chi connectivity index (χ2v) is 12.8. The number of carbonyl (C=O) groups is 2. The van der Waals surface area contributed by atoms with E-state index in [4.69, 9.17) is 4.74 Å². The number of hydrogen-bond acceptors (Lipinski definition) is 5. The maximum absolute atomic E-state index is 12.4.